The van der Waals surface area contributed by atoms with Gasteiger partial charge in [0.2, 0.25) is 0 Å². The molecule has 1 heterocycles. The maximum Gasteiger partial charge on any atom is 0.416 e. The molecule has 2 N–H and O–H groups in total. The summed E-state index contributed by atoms with van der Waals surface area (Å²) < 4.78 is 77.6. The first kappa shape index (κ1) is 19.9. The van der Waals surface area contributed by atoms with Gasteiger partial charge in [0.25, 0.3) is 0 Å². The molecule has 0 aliphatic carbocycles. The number of halogens is 6. The van der Waals surface area contributed by atoms with E-state index in [9.17, 15) is 26.3 Å². The molecule has 0 atom stereocenters. The molecule has 0 saturated heterocycles. The SMILES string of the molecule is FC(F)(F)c1cc(NC(=S)Nc2nccc3ccccc23)cc(C(F)(F)F)c1. The molecule has 2 aromatic carbocycles. The number of alkyl halides is 6. The molecule has 146 valence electrons. The Labute approximate surface area is 160 Å². The minimum absolute atomic E-state index is 0.0495. The first-order valence-electron chi connectivity index (χ1n) is 7.75. The zero-order valence-electron chi connectivity index (χ0n) is 13.8. The van der Waals surface area contributed by atoms with Gasteiger partial charge in [0, 0.05) is 17.3 Å². The molecule has 0 aliphatic rings. The van der Waals surface area contributed by atoms with E-state index in [4.69, 9.17) is 12.2 Å². The third-order valence-electron chi connectivity index (χ3n) is 3.75. The van der Waals surface area contributed by atoms with Crippen molar-refractivity contribution in [1.29, 1.82) is 0 Å². The van der Waals surface area contributed by atoms with Crippen LogP contribution in [-0.2, 0) is 12.4 Å². The normalized spacial score (nSPS) is 12.1. The fourth-order valence-electron chi connectivity index (χ4n) is 2.52. The quantitative estimate of drug-likeness (QED) is 0.393. The minimum Gasteiger partial charge on any atom is -0.332 e. The van der Waals surface area contributed by atoms with Gasteiger partial charge in [0.15, 0.2) is 5.11 Å². The molecule has 3 nitrogen and oxygen atoms in total. The van der Waals surface area contributed by atoms with Crippen molar-refractivity contribution in [3.8, 4) is 0 Å². The summed E-state index contributed by atoms with van der Waals surface area (Å²) in [6.07, 6.45) is -8.38. The van der Waals surface area contributed by atoms with Crippen molar-refractivity contribution < 1.29 is 26.3 Å². The Morgan fingerprint density at radius 2 is 1.43 bits per heavy atom. The van der Waals surface area contributed by atoms with E-state index in [1.165, 1.54) is 6.20 Å². The molecule has 10 heteroatoms. The number of rotatable bonds is 2. The van der Waals surface area contributed by atoms with Crippen LogP contribution >= 0.6 is 12.2 Å². The maximum atomic E-state index is 12.9. The van der Waals surface area contributed by atoms with Crippen LogP contribution in [0.5, 0.6) is 0 Å². The smallest absolute Gasteiger partial charge is 0.332 e. The van der Waals surface area contributed by atoms with Gasteiger partial charge in [0.05, 0.1) is 11.1 Å². The second-order valence-corrected chi connectivity index (χ2v) is 6.16. The molecule has 0 unspecified atom stereocenters. The molecule has 0 saturated carbocycles. The highest BCUT2D eigenvalue weighted by molar-refractivity contribution is 7.80. The number of hydrogen-bond acceptors (Lipinski definition) is 2. The van der Waals surface area contributed by atoms with Gasteiger partial charge in [-0.05, 0) is 41.9 Å². The van der Waals surface area contributed by atoms with Crippen LogP contribution in [0.1, 0.15) is 11.1 Å². The molecular weight excluding hydrogens is 404 g/mol. The second-order valence-electron chi connectivity index (χ2n) is 5.75. The van der Waals surface area contributed by atoms with Gasteiger partial charge in [-0.15, -0.1) is 0 Å². The third-order valence-corrected chi connectivity index (χ3v) is 3.96. The highest BCUT2D eigenvalue weighted by Crippen LogP contribution is 2.37. The van der Waals surface area contributed by atoms with Crippen LogP contribution in [0.4, 0.5) is 37.8 Å². The molecule has 0 fully saturated rings. The van der Waals surface area contributed by atoms with Gasteiger partial charge in [-0.2, -0.15) is 26.3 Å². The summed E-state index contributed by atoms with van der Waals surface area (Å²) in [6, 6.07) is 10.0. The molecule has 3 rings (SSSR count). The van der Waals surface area contributed by atoms with E-state index in [0.29, 0.717) is 23.3 Å². The summed E-state index contributed by atoms with van der Waals surface area (Å²) in [5, 5.41) is 6.38. The highest BCUT2D eigenvalue weighted by Gasteiger charge is 2.37. The predicted octanol–water partition coefficient (Wildman–Crippen LogP) is 6.08. The first-order valence-corrected chi connectivity index (χ1v) is 8.16. The van der Waals surface area contributed by atoms with Crippen LogP contribution in [-0.4, -0.2) is 10.1 Å². The summed E-state index contributed by atoms with van der Waals surface area (Å²) in [6.45, 7) is 0. The molecule has 3 aromatic rings. The molecule has 28 heavy (non-hydrogen) atoms. The lowest BCUT2D eigenvalue weighted by Crippen LogP contribution is -2.21. The Hall–Kier alpha value is -2.88. The predicted molar refractivity (Wildman–Crippen MR) is 98.0 cm³/mol. The highest BCUT2D eigenvalue weighted by atomic mass is 32.1. The van der Waals surface area contributed by atoms with Gasteiger partial charge in [0.1, 0.15) is 5.82 Å². The van der Waals surface area contributed by atoms with E-state index >= 15 is 0 Å². The molecule has 0 aliphatic heterocycles. The lowest BCUT2D eigenvalue weighted by Gasteiger charge is -2.16. The standard InChI is InChI=1S/C18H11F6N3S/c19-17(20,21)11-7-12(18(22,23)24)9-13(8-11)26-16(28)27-15-14-4-2-1-3-10(14)5-6-25-15/h1-9H,(H2,25,26,27,28). The Morgan fingerprint density at radius 1 is 0.821 bits per heavy atom. The summed E-state index contributed by atoms with van der Waals surface area (Å²) in [5.41, 5.74) is -3.31. The average molecular weight is 415 g/mol. The van der Waals surface area contributed by atoms with Crippen LogP contribution in [0.2, 0.25) is 0 Å². The van der Waals surface area contributed by atoms with E-state index in [2.05, 4.69) is 15.6 Å². The van der Waals surface area contributed by atoms with Crippen molar-refractivity contribution >= 4 is 39.6 Å². The Bertz CT molecular complexity index is 992. The van der Waals surface area contributed by atoms with Crippen molar-refractivity contribution in [2.45, 2.75) is 12.4 Å². The number of nitrogens with zero attached hydrogens (tertiary/aromatic N) is 1. The zero-order valence-corrected chi connectivity index (χ0v) is 14.6. The number of hydrogen-bond donors (Lipinski definition) is 2. The van der Waals surface area contributed by atoms with Gasteiger partial charge >= 0.3 is 12.4 Å². The summed E-state index contributed by atoms with van der Waals surface area (Å²) >= 11 is 5.03. The number of fused-ring (bicyclic) bond motifs is 1. The third kappa shape index (κ3) is 4.50. The van der Waals surface area contributed by atoms with Crippen molar-refractivity contribution in [2.75, 3.05) is 10.6 Å². The van der Waals surface area contributed by atoms with Gasteiger partial charge in [-0.3, -0.25) is 0 Å². The summed E-state index contributed by atoms with van der Waals surface area (Å²) in [4.78, 5) is 4.10. The Kier molecular flexibility index (Phi) is 5.16. The van der Waals surface area contributed by atoms with Gasteiger partial charge in [-0.25, -0.2) is 4.98 Å². The number of pyridine rings is 1. The first-order chi connectivity index (χ1) is 13.0. The van der Waals surface area contributed by atoms with Gasteiger partial charge < -0.3 is 10.6 Å². The number of aromatic nitrogens is 1. The topological polar surface area (TPSA) is 37.0 Å². The van der Waals surface area contributed by atoms with E-state index in [0.717, 1.165) is 5.39 Å². The maximum absolute atomic E-state index is 12.9. The van der Waals surface area contributed by atoms with Crippen molar-refractivity contribution in [1.82, 2.24) is 4.98 Å². The Balaban J connectivity index is 1.89. The molecule has 1 aromatic heterocycles. The number of thiocarbonyl (C=S) groups is 1. The van der Waals surface area contributed by atoms with E-state index in [-0.39, 0.29) is 11.2 Å². The number of nitrogens with one attached hydrogen (secondary N) is 2. The zero-order chi connectivity index (χ0) is 20.5. The second kappa shape index (κ2) is 7.27. The average Bonchev–Trinajstić information content (AvgIpc) is 2.60. The summed E-state index contributed by atoms with van der Waals surface area (Å²) in [5.74, 6) is 0.318. The molecule has 0 radical (unpaired) electrons. The molecule has 0 spiro atoms. The van der Waals surface area contributed by atoms with Crippen LogP contribution in [0.15, 0.2) is 54.7 Å². The monoisotopic (exact) mass is 415 g/mol. The van der Waals surface area contributed by atoms with Crippen LogP contribution in [0.25, 0.3) is 10.8 Å². The fraction of sp³-hybridized carbons (Fsp3) is 0.111. The van der Waals surface area contributed by atoms with Crippen molar-refractivity contribution in [2.24, 2.45) is 0 Å². The van der Waals surface area contributed by atoms with E-state index in [1.54, 1.807) is 18.2 Å². The van der Waals surface area contributed by atoms with Crippen LogP contribution in [0.3, 0.4) is 0 Å². The fourth-order valence-corrected chi connectivity index (χ4v) is 2.73. The molecule has 0 bridgehead atoms. The van der Waals surface area contributed by atoms with E-state index < -0.39 is 29.2 Å². The molecule has 0 amide bonds. The number of anilines is 2. The van der Waals surface area contributed by atoms with Crippen LogP contribution in [0, 0.1) is 0 Å². The summed E-state index contributed by atoms with van der Waals surface area (Å²) in [7, 11) is 0. The lowest BCUT2D eigenvalue weighted by molar-refractivity contribution is -0.143. The minimum atomic E-state index is -4.94. The van der Waals surface area contributed by atoms with Crippen LogP contribution < -0.4 is 10.6 Å². The lowest BCUT2D eigenvalue weighted by atomic mass is 10.1. The largest absolute Gasteiger partial charge is 0.416 e. The number of benzene rings is 2. The van der Waals surface area contributed by atoms with Gasteiger partial charge in [-0.1, -0.05) is 24.3 Å². The Morgan fingerprint density at radius 3 is 2.04 bits per heavy atom. The van der Waals surface area contributed by atoms with E-state index in [1.807, 2.05) is 12.1 Å². The van der Waals surface area contributed by atoms with Crippen molar-refractivity contribution in [3.63, 3.8) is 0 Å². The molecular formula is C18H11F6N3S. The van der Waals surface area contributed by atoms with Crippen molar-refractivity contribution in [3.05, 3.63) is 65.9 Å².